The van der Waals surface area contributed by atoms with Gasteiger partial charge in [0.05, 0.1) is 18.4 Å². The van der Waals surface area contributed by atoms with Gasteiger partial charge < -0.3 is 19.9 Å². The Labute approximate surface area is 196 Å². The first-order valence-electron chi connectivity index (χ1n) is 10.8. The van der Waals surface area contributed by atoms with Crippen molar-refractivity contribution in [1.82, 2.24) is 4.90 Å². The molecule has 2 aromatic carbocycles. The van der Waals surface area contributed by atoms with E-state index in [1.807, 2.05) is 12.1 Å². The second kappa shape index (κ2) is 10.1. The van der Waals surface area contributed by atoms with Crippen molar-refractivity contribution in [3.05, 3.63) is 54.1 Å². The maximum atomic E-state index is 13.3. The number of nitrogens with zero attached hydrogens (tertiary/aromatic N) is 2. The number of hydrogen-bond acceptors (Lipinski definition) is 6. The molecule has 2 aliphatic rings. The standard InChI is InChI=1S/C24H25N3O5S/c1-32-24(31)16-9-11-17(12-10-16)25-20(28)15-27-18-7-3-4-8-19(18)33-21(23(27)30)22(29)26-13-5-2-6-14-26/h3-4,7-12,21H,2,5-6,13-15H2,1H3,(H,25,28). The number of fused-ring (bicyclic) bond motifs is 1. The van der Waals surface area contributed by atoms with E-state index in [0.29, 0.717) is 30.0 Å². The van der Waals surface area contributed by atoms with E-state index >= 15 is 0 Å². The van der Waals surface area contributed by atoms with E-state index in [9.17, 15) is 19.2 Å². The van der Waals surface area contributed by atoms with Crippen molar-refractivity contribution in [2.24, 2.45) is 0 Å². The molecule has 0 radical (unpaired) electrons. The molecule has 1 saturated heterocycles. The molecule has 172 valence electrons. The first-order valence-corrected chi connectivity index (χ1v) is 11.7. The van der Waals surface area contributed by atoms with Crippen molar-refractivity contribution in [2.45, 2.75) is 29.4 Å². The molecule has 3 amide bonds. The minimum absolute atomic E-state index is 0.192. The zero-order valence-electron chi connectivity index (χ0n) is 18.3. The van der Waals surface area contributed by atoms with E-state index in [-0.39, 0.29) is 18.4 Å². The number of rotatable bonds is 5. The molecule has 8 nitrogen and oxygen atoms in total. The number of hydrogen-bond donors (Lipinski definition) is 1. The summed E-state index contributed by atoms with van der Waals surface area (Å²) in [6.45, 7) is 1.10. The summed E-state index contributed by atoms with van der Waals surface area (Å²) < 4.78 is 4.67. The van der Waals surface area contributed by atoms with Gasteiger partial charge in [0.25, 0.3) is 5.91 Å². The van der Waals surface area contributed by atoms with Crippen LogP contribution in [0.2, 0.25) is 0 Å². The quantitative estimate of drug-likeness (QED) is 0.537. The molecule has 0 bridgehead atoms. The Kier molecular flexibility index (Phi) is 6.98. The Hall–Kier alpha value is -3.33. The third-order valence-corrected chi connectivity index (χ3v) is 6.91. The van der Waals surface area contributed by atoms with Crippen LogP contribution in [-0.2, 0) is 19.1 Å². The fraction of sp³-hybridized carbons (Fsp3) is 0.333. The number of esters is 1. The summed E-state index contributed by atoms with van der Waals surface area (Å²) >= 11 is 1.25. The van der Waals surface area contributed by atoms with Crippen LogP contribution in [0, 0.1) is 0 Å². The lowest BCUT2D eigenvalue weighted by Gasteiger charge is -2.36. The molecule has 0 saturated carbocycles. The molecule has 4 rings (SSSR count). The van der Waals surface area contributed by atoms with Crippen molar-refractivity contribution in [2.75, 3.05) is 37.0 Å². The molecule has 1 atom stereocenters. The minimum atomic E-state index is -0.898. The predicted molar refractivity (Wildman–Crippen MR) is 125 cm³/mol. The van der Waals surface area contributed by atoms with E-state index < -0.39 is 17.1 Å². The fourth-order valence-corrected chi connectivity index (χ4v) is 5.16. The summed E-state index contributed by atoms with van der Waals surface area (Å²) in [5.41, 5.74) is 1.47. The Balaban J connectivity index is 1.50. The van der Waals surface area contributed by atoms with Gasteiger partial charge in [-0.3, -0.25) is 14.4 Å². The van der Waals surface area contributed by atoms with Gasteiger partial charge in [0.15, 0.2) is 5.25 Å². The number of anilines is 2. The SMILES string of the molecule is COC(=O)c1ccc(NC(=O)CN2C(=O)C(C(=O)N3CCCCC3)Sc3ccccc32)cc1. The highest BCUT2D eigenvalue weighted by molar-refractivity contribution is 8.01. The Morgan fingerprint density at radius 1 is 1.03 bits per heavy atom. The molecule has 2 aliphatic heterocycles. The van der Waals surface area contributed by atoms with Gasteiger partial charge in [-0.2, -0.15) is 0 Å². The largest absolute Gasteiger partial charge is 0.465 e. The van der Waals surface area contributed by atoms with Crippen molar-refractivity contribution in [3.63, 3.8) is 0 Å². The van der Waals surface area contributed by atoms with Crippen LogP contribution in [0.25, 0.3) is 0 Å². The molecule has 1 fully saturated rings. The highest BCUT2D eigenvalue weighted by atomic mass is 32.2. The number of amides is 3. The monoisotopic (exact) mass is 467 g/mol. The first-order chi connectivity index (χ1) is 16.0. The van der Waals surface area contributed by atoms with Gasteiger partial charge >= 0.3 is 5.97 Å². The summed E-state index contributed by atoms with van der Waals surface area (Å²) in [6.07, 6.45) is 2.97. The predicted octanol–water partition coefficient (Wildman–Crippen LogP) is 2.93. The van der Waals surface area contributed by atoms with Crippen LogP contribution in [0.1, 0.15) is 29.6 Å². The molecule has 0 aromatic heterocycles. The lowest BCUT2D eigenvalue weighted by molar-refractivity contribution is -0.135. The van der Waals surface area contributed by atoms with E-state index in [1.165, 1.54) is 23.8 Å². The summed E-state index contributed by atoms with van der Waals surface area (Å²) in [5.74, 6) is -1.45. The molecule has 0 spiro atoms. The van der Waals surface area contributed by atoms with Crippen LogP contribution in [-0.4, -0.2) is 60.6 Å². The van der Waals surface area contributed by atoms with Crippen molar-refractivity contribution in [3.8, 4) is 0 Å². The second-order valence-electron chi connectivity index (χ2n) is 7.89. The normalized spacial score (nSPS) is 17.8. The third kappa shape index (κ3) is 5.03. The number of nitrogens with one attached hydrogen (secondary N) is 1. The van der Waals surface area contributed by atoms with Gasteiger partial charge in [0, 0.05) is 23.7 Å². The number of ether oxygens (including phenoxy) is 1. The van der Waals surface area contributed by atoms with Crippen LogP contribution < -0.4 is 10.2 Å². The molecule has 9 heteroatoms. The minimum Gasteiger partial charge on any atom is -0.465 e. The topological polar surface area (TPSA) is 96.0 Å². The highest BCUT2D eigenvalue weighted by Gasteiger charge is 2.40. The van der Waals surface area contributed by atoms with Gasteiger partial charge in [-0.25, -0.2) is 4.79 Å². The van der Waals surface area contributed by atoms with E-state index in [2.05, 4.69) is 10.1 Å². The van der Waals surface area contributed by atoms with E-state index in [4.69, 9.17) is 0 Å². The zero-order valence-corrected chi connectivity index (χ0v) is 19.1. The van der Waals surface area contributed by atoms with Crippen LogP contribution in [0.15, 0.2) is 53.4 Å². The lowest BCUT2D eigenvalue weighted by atomic mass is 10.1. The number of benzene rings is 2. The smallest absolute Gasteiger partial charge is 0.337 e. The molecule has 2 aromatic rings. The van der Waals surface area contributed by atoms with Crippen LogP contribution >= 0.6 is 11.8 Å². The average molecular weight is 468 g/mol. The van der Waals surface area contributed by atoms with Crippen molar-refractivity contribution < 1.29 is 23.9 Å². The van der Waals surface area contributed by atoms with Gasteiger partial charge in [-0.1, -0.05) is 12.1 Å². The van der Waals surface area contributed by atoms with Crippen molar-refractivity contribution in [1.29, 1.82) is 0 Å². The zero-order chi connectivity index (χ0) is 23.4. The first kappa shape index (κ1) is 22.8. The van der Waals surface area contributed by atoms with Gasteiger partial charge in [0.1, 0.15) is 6.54 Å². The fourth-order valence-electron chi connectivity index (χ4n) is 3.97. The Morgan fingerprint density at radius 2 is 1.73 bits per heavy atom. The lowest BCUT2D eigenvalue weighted by Crippen LogP contribution is -2.52. The molecule has 1 unspecified atom stereocenters. The number of carbonyl (C=O) groups is 4. The molecule has 33 heavy (non-hydrogen) atoms. The number of para-hydroxylation sites is 1. The number of piperidine rings is 1. The highest BCUT2D eigenvalue weighted by Crippen LogP contribution is 2.40. The van der Waals surface area contributed by atoms with Gasteiger partial charge in [-0.15, -0.1) is 11.8 Å². The molecule has 0 aliphatic carbocycles. The van der Waals surface area contributed by atoms with E-state index in [0.717, 1.165) is 24.2 Å². The third-order valence-electron chi connectivity index (χ3n) is 5.67. The van der Waals surface area contributed by atoms with Crippen LogP contribution in [0.4, 0.5) is 11.4 Å². The number of likely N-dealkylation sites (tertiary alicyclic amines) is 1. The van der Waals surface area contributed by atoms with E-state index in [1.54, 1.807) is 41.3 Å². The van der Waals surface area contributed by atoms with Gasteiger partial charge in [0.2, 0.25) is 11.8 Å². The molecular weight excluding hydrogens is 442 g/mol. The van der Waals surface area contributed by atoms with Crippen molar-refractivity contribution >= 4 is 46.8 Å². The molecular formula is C24H25N3O5S. The molecule has 1 N–H and O–H groups in total. The van der Waals surface area contributed by atoms with Gasteiger partial charge in [-0.05, 0) is 55.7 Å². The van der Waals surface area contributed by atoms with Crippen LogP contribution in [0.5, 0.6) is 0 Å². The average Bonchev–Trinajstić information content (AvgIpc) is 2.85. The second-order valence-corrected chi connectivity index (χ2v) is 9.04. The number of carbonyl (C=O) groups excluding carboxylic acids is 4. The number of methoxy groups -OCH3 is 1. The summed E-state index contributed by atoms with van der Waals surface area (Å²) in [6, 6.07) is 13.6. The number of thioether (sulfide) groups is 1. The molecule has 2 heterocycles. The van der Waals surface area contributed by atoms with Crippen LogP contribution in [0.3, 0.4) is 0 Å². The maximum Gasteiger partial charge on any atom is 0.337 e. The summed E-state index contributed by atoms with van der Waals surface area (Å²) in [5, 5.41) is 1.85. The summed E-state index contributed by atoms with van der Waals surface area (Å²) in [7, 11) is 1.30. The maximum absolute atomic E-state index is 13.3. The Morgan fingerprint density at radius 3 is 2.42 bits per heavy atom. The Bertz CT molecular complexity index is 1070. The summed E-state index contributed by atoms with van der Waals surface area (Å²) in [4.78, 5) is 54.8.